The second-order valence-electron chi connectivity index (χ2n) is 7.13. The second kappa shape index (κ2) is 9.80. The lowest BCUT2D eigenvalue weighted by molar-refractivity contribution is -0.357. The van der Waals surface area contributed by atoms with Crippen molar-refractivity contribution in [1.82, 2.24) is 15.1 Å². The normalized spacial score (nSPS) is 18.5. The number of amides is 1. The number of halogens is 5. The number of rotatable bonds is 9. The molecule has 1 fully saturated rings. The van der Waals surface area contributed by atoms with E-state index < -0.39 is 30.3 Å². The number of aromatic nitrogens is 2. The monoisotopic (exact) mass is 461 g/mol. The van der Waals surface area contributed by atoms with E-state index in [1.807, 2.05) is 0 Å². The number of alkyl halides is 3. The first-order valence-corrected chi connectivity index (χ1v) is 9.79. The van der Waals surface area contributed by atoms with E-state index in [9.17, 15) is 22.4 Å². The number of nitrogens with one attached hydrogen (secondary N) is 1. The highest BCUT2D eigenvalue weighted by molar-refractivity contribution is 6.30. The van der Waals surface area contributed by atoms with Gasteiger partial charge in [0, 0.05) is 30.8 Å². The fraction of sp³-hybridized carbons (Fsp3) is 0.400. The molecule has 168 valence electrons. The summed E-state index contributed by atoms with van der Waals surface area (Å²) in [5.41, 5.74) is 1.84. The van der Waals surface area contributed by atoms with Gasteiger partial charge in [0.25, 0.3) is 0 Å². The zero-order valence-corrected chi connectivity index (χ0v) is 17.0. The van der Waals surface area contributed by atoms with Crippen LogP contribution >= 0.6 is 11.6 Å². The fourth-order valence-corrected chi connectivity index (χ4v) is 3.10. The fourth-order valence-electron chi connectivity index (χ4n) is 2.98. The number of allylic oxidation sites excluding steroid dienone is 1. The molecule has 1 aromatic carbocycles. The standard InChI is InChI=1S/C20H20ClF4N3O3/c1-12(27-19(29)11-30-15-7-16(8-15)31-20(23,24)25)2-3-13-9-26-28(10-13)14-4-5-17(21)18(22)6-14/h4-6,9-10,15-16H,1-3,7-8,11H2,(H,27,29)/t15-,16+. The van der Waals surface area contributed by atoms with E-state index in [0.717, 1.165) is 5.56 Å². The maximum atomic E-state index is 13.6. The third-order valence-electron chi connectivity index (χ3n) is 4.64. The van der Waals surface area contributed by atoms with Gasteiger partial charge in [0.05, 0.1) is 29.1 Å². The maximum Gasteiger partial charge on any atom is 0.522 e. The van der Waals surface area contributed by atoms with E-state index in [1.165, 1.54) is 16.8 Å². The Balaban J connectivity index is 1.35. The highest BCUT2D eigenvalue weighted by Crippen LogP contribution is 2.32. The van der Waals surface area contributed by atoms with E-state index in [-0.39, 0.29) is 24.5 Å². The van der Waals surface area contributed by atoms with Crippen LogP contribution in [-0.4, -0.2) is 40.9 Å². The van der Waals surface area contributed by atoms with Gasteiger partial charge in [-0.3, -0.25) is 9.53 Å². The van der Waals surface area contributed by atoms with Crippen molar-refractivity contribution in [2.45, 2.75) is 44.3 Å². The van der Waals surface area contributed by atoms with Crippen molar-refractivity contribution in [3.8, 4) is 5.69 Å². The Morgan fingerprint density at radius 3 is 2.74 bits per heavy atom. The van der Waals surface area contributed by atoms with Crippen LogP contribution in [0.1, 0.15) is 24.8 Å². The zero-order chi connectivity index (χ0) is 22.6. The molecule has 0 bridgehead atoms. The average Bonchev–Trinajstić information content (AvgIpc) is 3.12. The molecule has 3 rings (SSSR count). The number of carbonyl (C=O) groups excluding carboxylic acids is 1. The quantitative estimate of drug-likeness (QED) is 0.565. The summed E-state index contributed by atoms with van der Waals surface area (Å²) in [7, 11) is 0. The van der Waals surface area contributed by atoms with Crippen LogP contribution in [0.4, 0.5) is 17.6 Å². The summed E-state index contributed by atoms with van der Waals surface area (Å²) >= 11 is 5.68. The number of nitrogens with zero attached hydrogens (tertiary/aromatic N) is 2. The molecule has 6 nitrogen and oxygen atoms in total. The molecule has 1 aliphatic rings. The Kier molecular flexibility index (Phi) is 7.34. The van der Waals surface area contributed by atoms with E-state index >= 15 is 0 Å². The van der Waals surface area contributed by atoms with Gasteiger partial charge in [-0.15, -0.1) is 13.2 Å². The predicted octanol–water partition coefficient (Wildman–Crippen LogP) is 4.31. The molecular formula is C20H20ClF4N3O3. The van der Waals surface area contributed by atoms with Crippen LogP contribution in [0.25, 0.3) is 5.69 Å². The van der Waals surface area contributed by atoms with Crippen LogP contribution in [0.2, 0.25) is 5.02 Å². The van der Waals surface area contributed by atoms with E-state index in [2.05, 4.69) is 21.7 Å². The predicted molar refractivity (Wildman–Crippen MR) is 104 cm³/mol. The third kappa shape index (κ3) is 7.05. The van der Waals surface area contributed by atoms with Crippen LogP contribution in [0.5, 0.6) is 0 Å². The minimum Gasteiger partial charge on any atom is -0.368 e. The lowest BCUT2D eigenvalue weighted by Crippen LogP contribution is -2.42. The van der Waals surface area contributed by atoms with Crippen molar-refractivity contribution < 1.29 is 31.8 Å². The first kappa shape index (κ1) is 23.2. The molecule has 0 saturated heterocycles. The SMILES string of the molecule is C=C(CCc1cnn(-c2ccc(Cl)c(F)c2)c1)NC(=O)CO[C@H]1C[C@@H](OC(F)(F)F)C1. The Hall–Kier alpha value is -2.43. The highest BCUT2D eigenvalue weighted by atomic mass is 35.5. The lowest BCUT2D eigenvalue weighted by atomic mass is 9.92. The zero-order valence-electron chi connectivity index (χ0n) is 16.3. The third-order valence-corrected chi connectivity index (χ3v) is 4.94. The largest absolute Gasteiger partial charge is 0.522 e. The maximum absolute atomic E-state index is 13.6. The molecule has 0 spiro atoms. The van der Waals surface area contributed by atoms with Crippen molar-refractivity contribution >= 4 is 17.5 Å². The first-order valence-electron chi connectivity index (χ1n) is 9.42. The van der Waals surface area contributed by atoms with Gasteiger partial charge in [-0.2, -0.15) is 5.10 Å². The first-order chi connectivity index (χ1) is 14.6. The van der Waals surface area contributed by atoms with Crippen LogP contribution < -0.4 is 5.32 Å². The number of hydrogen-bond acceptors (Lipinski definition) is 4. The summed E-state index contributed by atoms with van der Waals surface area (Å²) in [5.74, 6) is -0.975. The van der Waals surface area contributed by atoms with E-state index in [0.29, 0.717) is 24.2 Å². The van der Waals surface area contributed by atoms with Crippen LogP contribution in [0.3, 0.4) is 0 Å². The topological polar surface area (TPSA) is 65.4 Å². The van der Waals surface area contributed by atoms with Gasteiger partial charge in [0.2, 0.25) is 5.91 Å². The van der Waals surface area contributed by atoms with Crippen LogP contribution in [0, 0.1) is 5.82 Å². The van der Waals surface area contributed by atoms with Crippen molar-refractivity contribution in [2.24, 2.45) is 0 Å². The smallest absolute Gasteiger partial charge is 0.368 e. The summed E-state index contributed by atoms with van der Waals surface area (Å²) in [4.78, 5) is 11.9. The molecule has 1 aliphatic carbocycles. The van der Waals surface area contributed by atoms with Gasteiger partial charge in [0.15, 0.2) is 0 Å². The second-order valence-corrected chi connectivity index (χ2v) is 7.54. The van der Waals surface area contributed by atoms with Gasteiger partial charge in [0.1, 0.15) is 12.4 Å². The summed E-state index contributed by atoms with van der Waals surface area (Å²) in [6, 6.07) is 4.36. The molecule has 2 aromatic rings. The Morgan fingerprint density at radius 2 is 2.06 bits per heavy atom. The molecule has 1 N–H and O–H groups in total. The molecule has 0 atom stereocenters. The van der Waals surface area contributed by atoms with Crippen molar-refractivity contribution in [3.63, 3.8) is 0 Å². The van der Waals surface area contributed by atoms with Gasteiger partial charge >= 0.3 is 6.36 Å². The number of carbonyl (C=O) groups is 1. The Morgan fingerprint density at radius 1 is 1.32 bits per heavy atom. The number of benzene rings is 1. The molecule has 0 aliphatic heterocycles. The number of hydrogen-bond donors (Lipinski definition) is 1. The van der Waals surface area contributed by atoms with E-state index in [1.54, 1.807) is 18.5 Å². The Labute approximate surface area is 180 Å². The summed E-state index contributed by atoms with van der Waals surface area (Å²) < 4.78 is 60.4. The molecule has 31 heavy (non-hydrogen) atoms. The minimum absolute atomic E-state index is 0.0268. The highest BCUT2D eigenvalue weighted by Gasteiger charge is 2.40. The molecule has 0 radical (unpaired) electrons. The molecule has 11 heteroatoms. The molecule has 1 heterocycles. The summed E-state index contributed by atoms with van der Waals surface area (Å²) in [6.07, 6.45) is -1.50. The molecular weight excluding hydrogens is 442 g/mol. The molecule has 1 amide bonds. The number of ether oxygens (including phenoxy) is 2. The van der Waals surface area contributed by atoms with Gasteiger partial charge in [-0.05, 0) is 30.5 Å². The summed E-state index contributed by atoms with van der Waals surface area (Å²) in [5, 5.41) is 6.80. The lowest BCUT2D eigenvalue weighted by Gasteiger charge is -2.34. The van der Waals surface area contributed by atoms with Crippen molar-refractivity contribution in [2.75, 3.05) is 6.61 Å². The van der Waals surface area contributed by atoms with Crippen molar-refractivity contribution in [1.29, 1.82) is 0 Å². The molecule has 0 unspecified atom stereocenters. The molecule has 1 saturated carbocycles. The number of aryl methyl sites for hydroxylation is 1. The molecule has 1 aromatic heterocycles. The van der Waals surface area contributed by atoms with Gasteiger partial charge in [-0.25, -0.2) is 9.07 Å². The minimum atomic E-state index is -4.66. The van der Waals surface area contributed by atoms with Crippen LogP contribution in [0.15, 0.2) is 42.9 Å². The summed E-state index contributed by atoms with van der Waals surface area (Å²) in [6.45, 7) is 3.51. The average molecular weight is 462 g/mol. The van der Waals surface area contributed by atoms with Crippen molar-refractivity contribution in [3.05, 3.63) is 59.3 Å². The van der Waals surface area contributed by atoms with Crippen LogP contribution in [-0.2, 0) is 20.7 Å². The van der Waals surface area contributed by atoms with E-state index in [4.69, 9.17) is 16.3 Å². The van der Waals surface area contributed by atoms with Gasteiger partial charge in [-0.1, -0.05) is 18.2 Å². The Bertz CT molecular complexity index is 942. The van der Waals surface area contributed by atoms with Gasteiger partial charge < -0.3 is 10.1 Å².